The van der Waals surface area contributed by atoms with Gasteiger partial charge in [0.15, 0.2) is 6.61 Å². The molecule has 0 aromatic heterocycles. The van der Waals surface area contributed by atoms with Crippen molar-refractivity contribution in [3.63, 3.8) is 0 Å². The molecule has 9 nitrogen and oxygen atoms in total. The average molecular weight is 522 g/mol. The third-order valence-corrected chi connectivity index (χ3v) is 5.57. The van der Waals surface area contributed by atoms with Crippen LogP contribution in [0.3, 0.4) is 0 Å². The highest BCUT2D eigenvalue weighted by molar-refractivity contribution is 7.92. The van der Waals surface area contributed by atoms with Gasteiger partial charge in [-0.3, -0.25) is 9.10 Å². The Bertz CT molecular complexity index is 1170. The van der Waals surface area contributed by atoms with Crippen molar-refractivity contribution >= 4 is 45.4 Å². The van der Waals surface area contributed by atoms with E-state index in [1.54, 1.807) is 12.1 Å². The van der Waals surface area contributed by atoms with E-state index in [1.807, 2.05) is 0 Å². The fourth-order valence-electron chi connectivity index (χ4n) is 2.48. The van der Waals surface area contributed by atoms with Crippen LogP contribution in [0.2, 0.25) is 5.02 Å². The zero-order chi connectivity index (χ0) is 25.5. The van der Waals surface area contributed by atoms with Crippen molar-refractivity contribution in [2.45, 2.75) is 6.18 Å². The molecule has 184 valence electrons. The number of esters is 1. The van der Waals surface area contributed by atoms with E-state index < -0.39 is 45.2 Å². The predicted octanol–water partition coefficient (Wildman–Crippen LogP) is 2.83. The van der Waals surface area contributed by atoms with Crippen LogP contribution in [-0.4, -0.2) is 53.0 Å². The molecular weight excluding hydrogens is 503 g/mol. The Morgan fingerprint density at radius 3 is 2.38 bits per heavy atom. The van der Waals surface area contributed by atoms with Crippen molar-refractivity contribution in [1.29, 1.82) is 0 Å². The van der Waals surface area contributed by atoms with Gasteiger partial charge in [0.25, 0.3) is 5.91 Å². The zero-order valence-electron chi connectivity index (χ0n) is 17.8. The fraction of sp³-hybridized carbons (Fsp3) is 0.250. The highest BCUT2D eigenvalue weighted by atomic mass is 35.5. The Morgan fingerprint density at radius 2 is 1.82 bits per heavy atom. The SMILES string of the molecule is COC(=O)COc1ccc(/C=N\NC(=O)CN(c2ccc(Cl)c(C(F)(F)F)c2)S(C)(=O)=O)cc1. The van der Waals surface area contributed by atoms with Gasteiger partial charge in [0.1, 0.15) is 12.3 Å². The molecule has 0 aliphatic rings. The first-order valence-corrected chi connectivity index (χ1v) is 11.5. The molecule has 0 bridgehead atoms. The number of hydrogen-bond donors (Lipinski definition) is 1. The number of alkyl halides is 3. The monoisotopic (exact) mass is 521 g/mol. The number of benzene rings is 2. The molecule has 14 heteroatoms. The zero-order valence-corrected chi connectivity index (χ0v) is 19.4. The Kier molecular flexibility index (Phi) is 8.87. The quantitative estimate of drug-likeness (QED) is 0.308. The van der Waals surface area contributed by atoms with E-state index in [0.717, 1.165) is 18.4 Å². The molecule has 0 atom stereocenters. The maximum Gasteiger partial charge on any atom is 0.417 e. The van der Waals surface area contributed by atoms with Crippen molar-refractivity contribution in [1.82, 2.24) is 5.43 Å². The first kappa shape index (κ1) is 26.9. The number of nitrogens with zero attached hydrogens (tertiary/aromatic N) is 2. The van der Waals surface area contributed by atoms with Gasteiger partial charge >= 0.3 is 12.1 Å². The van der Waals surface area contributed by atoms with E-state index in [1.165, 1.54) is 25.5 Å². The fourth-order valence-corrected chi connectivity index (χ4v) is 3.55. The molecule has 34 heavy (non-hydrogen) atoms. The maximum atomic E-state index is 13.1. The number of carbonyl (C=O) groups excluding carboxylic acids is 2. The maximum absolute atomic E-state index is 13.1. The molecule has 0 heterocycles. The summed E-state index contributed by atoms with van der Waals surface area (Å²) in [6, 6.07) is 8.71. The number of methoxy groups -OCH3 is 1. The number of anilines is 1. The van der Waals surface area contributed by atoms with Crippen molar-refractivity contribution in [3.8, 4) is 5.75 Å². The number of amides is 1. The number of sulfonamides is 1. The molecule has 0 unspecified atom stereocenters. The molecule has 0 spiro atoms. The summed E-state index contributed by atoms with van der Waals surface area (Å²) >= 11 is 5.57. The lowest BCUT2D eigenvalue weighted by atomic mass is 10.2. The summed E-state index contributed by atoms with van der Waals surface area (Å²) in [5, 5.41) is 3.09. The van der Waals surface area contributed by atoms with Crippen LogP contribution in [0.4, 0.5) is 18.9 Å². The summed E-state index contributed by atoms with van der Waals surface area (Å²) in [4.78, 5) is 23.3. The summed E-state index contributed by atoms with van der Waals surface area (Å²) in [7, 11) is -2.89. The summed E-state index contributed by atoms with van der Waals surface area (Å²) in [6.45, 7) is -1.09. The summed E-state index contributed by atoms with van der Waals surface area (Å²) in [5.41, 5.74) is 1.01. The van der Waals surface area contributed by atoms with Gasteiger partial charge < -0.3 is 9.47 Å². The van der Waals surface area contributed by atoms with Crippen LogP contribution >= 0.6 is 11.6 Å². The van der Waals surface area contributed by atoms with Gasteiger partial charge in [0.05, 0.1) is 35.9 Å². The Hall–Kier alpha value is -3.32. The highest BCUT2D eigenvalue weighted by Crippen LogP contribution is 2.37. The number of hydrazone groups is 1. The molecule has 0 aliphatic carbocycles. The van der Waals surface area contributed by atoms with Crippen LogP contribution in [0.15, 0.2) is 47.6 Å². The van der Waals surface area contributed by atoms with Gasteiger partial charge in [-0.25, -0.2) is 18.6 Å². The lowest BCUT2D eigenvalue weighted by Crippen LogP contribution is -2.39. The number of hydrogen-bond acceptors (Lipinski definition) is 7. The third-order valence-electron chi connectivity index (χ3n) is 4.10. The van der Waals surface area contributed by atoms with Crippen molar-refractivity contribution < 1.29 is 40.7 Å². The second kappa shape index (κ2) is 11.2. The Morgan fingerprint density at radius 1 is 1.18 bits per heavy atom. The molecule has 0 saturated carbocycles. The van der Waals surface area contributed by atoms with Crippen LogP contribution in [-0.2, 0) is 30.5 Å². The molecule has 0 radical (unpaired) electrons. The lowest BCUT2D eigenvalue weighted by molar-refractivity contribution is -0.143. The molecule has 2 aromatic rings. The van der Waals surface area contributed by atoms with Gasteiger partial charge in [-0.1, -0.05) is 11.6 Å². The first-order valence-electron chi connectivity index (χ1n) is 9.27. The minimum absolute atomic E-state index is 0.269. The number of ether oxygens (including phenoxy) is 2. The average Bonchev–Trinajstić information content (AvgIpc) is 2.75. The van der Waals surface area contributed by atoms with Crippen LogP contribution in [0.25, 0.3) is 0 Å². The van der Waals surface area contributed by atoms with E-state index in [9.17, 15) is 31.2 Å². The molecule has 0 saturated heterocycles. The molecule has 0 fully saturated rings. The molecule has 1 N–H and O–H groups in total. The topological polar surface area (TPSA) is 114 Å². The van der Waals surface area contributed by atoms with Gasteiger partial charge in [0.2, 0.25) is 10.0 Å². The van der Waals surface area contributed by atoms with Gasteiger partial charge in [-0.2, -0.15) is 18.3 Å². The van der Waals surface area contributed by atoms with E-state index >= 15 is 0 Å². The minimum Gasteiger partial charge on any atom is -0.482 e. The normalized spacial score (nSPS) is 11.8. The standard InChI is InChI=1S/C20H19ClF3N3O6S/c1-32-19(29)12-33-15-6-3-13(4-7-15)10-25-26-18(28)11-27(34(2,30)31)14-5-8-17(21)16(9-14)20(22,23)24/h3-10H,11-12H2,1-2H3,(H,26,28)/b25-10-. The van der Waals surface area contributed by atoms with Crippen molar-refractivity contribution in [3.05, 3.63) is 58.6 Å². The predicted molar refractivity (Wildman–Crippen MR) is 118 cm³/mol. The van der Waals surface area contributed by atoms with Crippen LogP contribution in [0.1, 0.15) is 11.1 Å². The van der Waals surface area contributed by atoms with E-state index in [-0.39, 0.29) is 12.3 Å². The Labute approximate surface area is 198 Å². The number of carbonyl (C=O) groups is 2. The van der Waals surface area contributed by atoms with E-state index in [0.29, 0.717) is 21.7 Å². The molecule has 1 amide bonds. The van der Waals surface area contributed by atoms with Gasteiger partial charge in [-0.05, 0) is 48.0 Å². The van der Waals surface area contributed by atoms with Gasteiger partial charge in [-0.15, -0.1) is 0 Å². The summed E-state index contributed by atoms with van der Waals surface area (Å²) < 4.78 is 73.7. The highest BCUT2D eigenvalue weighted by Gasteiger charge is 2.34. The van der Waals surface area contributed by atoms with Crippen molar-refractivity contribution in [2.24, 2.45) is 5.10 Å². The molecular formula is C20H19ClF3N3O6S. The van der Waals surface area contributed by atoms with E-state index in [4.69, 9.17) is 16.3 Å². The van der Waals surface area contributed by atoms with Crippen LogP contribution in [0, 0.1) is 0 Å². The summed E-state index contributed by atoms with van der Waals surface area (Å²) in [5.74, 6) is -1.07. The molecule has 2 rings (SSSR count). The second-order valence-electron chi connectivity index (χ2n) is 6.66. The van der Waals surface area contributed by atoms with E-state index in [2.05, 4.69) is 15.3 Å². The number of halogens is 4. The number of nitrogens with one attached hydrogen (secondary N) is 1. The molecule has 0 aliphatic heterocycles. The first-order chi connectivity index (χ1) is 15.8. The lowest BCUT2D eigenvalue weighted by Gasteiger charge is -2.22. The molecule has 2 aromatic carbocycles. The third kappa shape index (κ3) is 7.92. The largest absolute Gasteiger partial charge is 0.482 e. The number of rotatable bonds is 9. The summed E-state index contributed by atoms with van der Waals surface area (Å²) in [6.07, 6.45) is -2.82. The minimum atomic E-state index is -4.82. The smallest absolute Gasteiger partial charge is 0.417 e. The van der Waals surface area contributed by atoms with Gasteiger partial charge in [0, 0.05) is 0 Å². The second-order valence-corrected chi connectivity index (χ2v) is 8.97. The van der Waals surface area contributed by atoms with Crippen LogP contribution < -0.4 is 14.5 Å². The van der Waals surface area contributed by atoms with Crippen molar-refractivity contribution in [2.75, 3.05) is 30.8 Å². The Balaban J connectivity index is 2.06. The van der Waals surface area contributed by atoms with Crippen LogP contribution in [0.5, 0.6) is 5.75 Å².